The molecule has 0 radical (unpaired) electrons. The molecule has 0 N–H and O–H groups in total. The molecule has 14 rings (SSSR count). The lowest BCUT2D eigenvalue weighted by Gasteiger charge is -2.41. The Morgan fingerprint density at radius 1 is 0.370 bits per heavy atom. The summed E-state index contributed by atoms with van der Waals surface area (Å²) < 4.78 is 14.1. The van der Waals surface area contributed by atoms with Crippen LogP contribution < -0.4 is 9.64 Å². The number of hydrogen-bond acceptors (Lipinski definition) is 3. The van der Waals surface area contributed by atoms with Crippen molar-refractivity contribution in [1.29, 1.82) is 0 Å². The molecule has 3 nitrogen and oxygen atoms in total. The first-order chi connectivity index (χ1) is 35.5. The van der Waals surface area contributed by atoms with Gasteiger partial charge in [0.1, 0.15) is 17.1 Å². The summed E-state index contributed by atoms with van der Waals surface area (Å²) in [6, 6.07) is 83.4. The van der Waals surface area contributed by atoms with Crippen molar-refractivity contribution in [1.82, 2.24) is 0 Å². The van der Waals surface area contributed by atoms with Gasteiger partial charge in [-0.2, -0.15) is 0 Å². The minimum absolute atomic E-state index is 0.101. The fraction of sp³-hybridized carbons (Fsp3) is 0.143. The Morgan fingerprint density at radius 3 is 1.55 bits per heavy atom. The molecule has 0 saturated carbocycles. The maximum atomic E-state index is 7.06. The van der Waals surface area contributed by atoms with Crippen LogP contribution in [0.1, 0.15) is 97.2 Å². The molecule has 3 heteroatoms. The molecule has 0 amide bonds. The molecule has 0 atom stereocenters. The third-order valence-electron chi connectivity index (χ3n) is 16.3. The van der Waals surface area contributed by atoms with Gasteiger partial charge in [-0.1, -0.05) is 211 Å². The summed E-state index contributed by atoms with van der Waals surface area (Å²) in [5, 5.41) is 2.17. The minimum atomic E-state index is -0.709. The number of anilines is 3. The van der Waals surface area contributed by atoms with E-state index >= 15 is 0 Å². The Balaban J connectivity index is 1.11. The van der Waals surface area contributed by atoms with E-state index in [1.807, 2.05) is 0 Å². The van der Waals surface area contributed by atoms with Gasteiger partial charge < -0.3 is 14.1 Å². The zero-order chi connectivity index (χ0) is 49.4. The molecule has 1 aromatic heterocycles. The molecule has 73 heavy (non-hydrogen) atoms. The van der Waals surface area contributed by atoms with Gasteiger partial charge in [-0.25, -0.2) is 0 Å². The van der Waals surface area contributed by atoms with Crippen molar-refractivity contribution >= 4 is 39.0 Å². The summed E-state index contributed by atoms with van der Waals surface area (Å²) in [7, 11) is 0. The van der Waals surface area contributed by atoms with Crippen molar-refractivity contribution in [2.24, 2.45) is 0 Å². The van der Waals surface area contributed by atoms with Crippen LogP contribution in [0.2, 0.25) is 0 Å². The first kappa shape index (κ1) is 43.4. The van der Waals surface area contributed by atoms with Crippen molar-refractivity contribution in [3.8, 4) is 33.8 Å². The highest BCUT2D eigenvalue weighted by Gasteiger charge is 2.53. The maximum Gasteiger partial charge on any atom is 0.159 e. The van der Waals surface area contributed by atoms with E-state index < -0.39 is 10.8 Å². The van der Waals surface area contributed by atoms with Crippen molar-refractivity contribution in [2.45, 2.75) is 63.2 Å². The molecular weight excluding hydrogens is 887 g/mol. The van der Waals surface area contributed by atoms with Crippen LogP contribution in [-0.4, -0.2) is 0 Å². The number of rotatable bonds is 5. The predicted molar refractivity (Wildman–Crippen MR) is 300 cm³/mol. The monoisotopic (exact) mass is 941 g/mol. The summed E-state index contributed by atoms with van der Waals surface area (Å²) in [5.74, 6) is 1.77. The molecule has 11 aromatic rings. The second-order valence-electron chi connectivity index (χ2n) is 22.4. The van der Waals surface area contributed by atoms with Crippen LogP contribution in [0, 0.1) is 0 Å². The molecule has 0 saturated heterocycles. The average molecular weight is 942 g/mol. The Kier molecular flexibility index (Phi) is 9.24. The van der Waals surface area contributed by atoms with Gasteiger partial charge >= 0.3 is 0 Å². The number of para-hydroxylation sites is 2. The molecule has 2 aliphatic carbocycles. The molecule has 1 spiro atoms. The normalized spacial score (nSPS) is 14.5. The molecular formula is C70H55NO2. The quantitative estimate of drug-likeness (QED) is 0.172. The Labute approximate surface area is 428 Å². The van der Waals surface area contributed by atoms with Gasteiger partial charge in [0.2, 0.25) is 0 Å². The lowest BCUT2D eigenvalue weighted by atomic mass is 9.64. The zero-order valence-electron chi connectivity index (χ0n) is 42.1. The number of ether oxygens (including phenoxy) is 1. The van der Waals surface area contributed by atoms with Gasteiger partial charge in [-0.3, -0.25) is 0 Å². The molecule has 2 heterocycles. The van der Waals surface area contributed by atoms with Gasteiger partial charge in [0.05, 0.1) is 22.2 Å². The van der Waals surface area contributed by atoms with E-state index in [9.17, 15) is 0 Å². The molecule has 10 aromatic carbocycles. The Bertz CT molecular complexity index is 3930. The summed E-state index contributed by atoms with van der Waals surface area (Å²) in [5.41, 5.74) is 20.5. The zero-order valence-corrected chi connectivity index (χ0v) is 42.1. The highest BCUT2D eigenvalue weighted by Crippen LogP contribution is 2.65. The smallest absolute Gasteiger partial charge is 0.159 e. The number of fused-ring (bicyclic) bond motifs is 15. The lowest BCUT2D eigenvalue weighted by Crippen LogP contribution is -2.33. The standard InChI is InChI=1S/C70H55NO2/c1-67(2,3)46-35-39-63-58(41-46)70(59-42-47(68(4,5)6)36-40-64(59)72-63)55-30-17-14-27-53(55)65-56(70)31-20-32-60(65)71(61-33-19-28-52-51-26-15-18-34-62(51)73-66(52)61)48-37-38-50-49-25-13-16-29-54(49)69(57(50)43-48,44-21-9-7-10-22-44)45-23-11-8-12-24-45/h7-43H,1-6H3. The van der Waals surface area contributed by atoms with Crippen molar-refractivity contribution < 1.29 is 9.15 Å². The van der Waals surface area contributed by atoms with Crippen molar-refractivity contribution in [3.05, 3.63) is 280 Å². The Hall–Kier alpha value is -8.40. The van der Waals surface area contributed by atoms with E-state index in [-0.39, 0.29) is 10.8 Å². The van der Waals surface area contributed by atoms with Crippen molar-refractivity contribution in [3.63, 3.8) is 0 Å². The van der Waals surface area contributed by atoms with Crippen LogP contribution in [0.4, 0.5) is 17.1 Å². The van der Waals surface area contributed by atoms with Gasteiger partial charge in [-0.15, -0.1) is 0 Å². The SMILES string of the molecule is CC(C)(C)c1ccc2c(c1)C1(c3cc(C(C)(C)C)ccc3O2)c2ccccc2-c2c(N(c3ccc4c(c3)C(c3ccccc3)(c3ccccc3)c3ccccc3-4)c3cccc4c3oc3ccccc34)cccc21. The van der Waals surface area contributed by atoms with E-state index in [0.717, 1.165) is 50.5 Å². The van der Waals surface area contributed by atoms with Gasteiger partial charge in [0.15, 0.2) is 5.58 Å². The predicted octanol–water partition coefficient (Wildman–Crippen LogP) is 18.5. The highest BCUT2D eigenvalue weighted by atomic mass is 16.5. The largest absolute Gasteiger partial charge is 0.457 e. The van der Waals surface area contributed by atoms with E-state index in [1.165, 1.54) is 77.9 Å². The molecule has 1 aliphatic heterocycles. The molecule has 0 unspecified atom stereocenters. The second kappa shape index (κ2) is 15.6. The highest BCUT2D eigenvalue weighted by molar-refractivity contribution is 6.11. The summed E-state index contributed by atoms with van der Waals surface area (Å²) in [6.07, 6.45) is 0. The number of nitrogens with zero attached hydrogens (tertiary/aromatic N) is 1. The van der Waals surface area contributed by atoms with E-state index in [2.05, 4.69) is 271 Å². The molecule has 352 valence electrons. The van der Waals surface area contributed by atoms with E-state index in [0.29, 0.717) is 0 Å². The lowest BCUT2D eigenvalue weighted by molar-refractivity contribution is 0.433. The van der Waals surface area contributed by atoms with E-state index in [1.54, 1.807) is 0 Å². The topological polar surface area (TPSA) is 25.6 Å². The van der Waals surface area contributed by atoms with Crippen molar-refractivity contribution in [2.75, 3.05) is 4.90 Å². The van der Waals surface area contributed by atoms with Gasteiger partial charge in [0.25, 0.3) is 0 Å². The van der Waals surface area contributed by atoms with Gasteiger partial charge in [0, 0.05) is 33.2 Å². The number of benzene rings is 10. The maximum absolute atomic E-state index is 7.06. The number of hydrogen-bond donors (Lipinski definition) is 0. The van der Waals surface area contributed by atoms with Crippen LogP contribution in [-0.2, 0) is 21.7 Å². The van der Waals surface area contributed by atoms with Gasteiger partial charge in [-0.05, 0) is 127 Å². The fourth-order valence-corrected chi connectivity index (χ4v) is 13.0. The number of furan rings is 1. The summed E-state index contributed by atoms with van der Waals surface area (Å²) >= 11 is 0. The third kappa shape index (κ3) is 6.06. The summed E-state index contributed by atoms with van der Waals surface area (Å²) in [6.45, 7) is 13.8. The fourth-order valence-electron chi connectivity index (χ4n) is 13.0. The van der Waals surface area contributed by atoms with Crippen LogP contribution in [0.5, 0.6) is 11.5 Å². The van der Waals surface area contributed by atoms with Crippen LogP contribution >= 0.6 is 0 Å². The minimum Gasteiger partial charge on any atom is -0.457 e. The average Bonchev–Trinajstić information content (AvgIpc) is 4.04. The first-order valence-corrected chi connectivity index (χ1v) is 25.7. The molecule has 0 fully saturated rings. The summed E-state index contributed by atoms with van der Waals surface area (Å²) in [4.78, 5) is 2.50. The van der Waals surface area contributed by atoms with Crippen LogP contribution in [0.15, 0.2) is 229 Å². The van der Waals surface area contributed by atoms with E-state index in [4.69, 9.17) is 9.15 Å². The second-order valence-corrected chi connectivity index (χ2v) is 22.4. The third-order valence-corrected chi connectivity index (χ3v) is 16.3. The van der Waals surface area contributed by atoms with Crippen LogP contribution in [0.25, 0.3) is 44.2 Å². The van der Waals surface area contributed by atoms with Crippen LogP contribution in [0.3, 0.4) is 0 Å². The first-order valence-electron chi connectivity index (χ1n) is 25.7. The molecule has 0 bridgehead atoms. The molecule has 3 aliphatic rings. The Morgan fingerprint density at radius 2 is 0.890 bits per heavy atom.